The molecule has 4 heteroatoms. The van der Waals surface area contributed by atoms with Gasteiger partial charge in [0.15, 0.2) is 0 Å². The van der Waals surface area contributed by atoms with Crippen molar-refractivity contribution in [3.05, 3.63) is 182 Å². The Labute approximate surface area is 301 Å². The van der Waals surface area contributed by atoms with Crippen LogP contribution < -0.4 is 19.6 Å². The highest BCUT2D eigenvalue weighted by molar-refractivity contribution is 6.30. The van der Waals surface area contributed by atoms with E-state index in [1.165, 1.54) is 66.4 Å². The second-order valence-electron chi connectivity index (χ2n) is 13.8. The van der Waals surface area contributed by atoms with Crippen molar-refractivity contribution in [2.24, 2.45) is 0 Å². The lowest BCUT2D eigenvalue weighted by Gasteiger charge is -2.52. The zero-order valence-corrected chi connectivity index (χ0v) is 28.1. The molecule has 0 radical (unpaired) electrons. The summed E-state index contributed by atoms with van der Waals surface area (Å²) >= 11 is 0. The maximum Gasteiger partial charge on any atom is 0.0955 e. The molecule has 0 aromatic heterocycles. The van der Waals surface area contributed by atoms with Gasteiger partial charge in [-0.2, -0.15) is 0 Å². The van der Waals surface area contributed by atoms with Gasteiger partial charge in [0.2, 0.25) is 0 Å². The molecule has 4 nitrogen and oxygen atoms in total. The number of anilines is 12. The van der Waals surface area contributed by atoms with Crippen LogP contribution in [0.4, 0.5) is 68.2 Å². The maximum absolute atomic E-state index is 2.61. The molecule has 0 fully saturated rings. The van der Waals surface area contributed by atoms with Crippen LogP contribution in [0, 0.1) is 0 Å². The molecular weight excluding hydrogens is 633 g/mol. The summed E-state index contributed by atoms with van der Waals surface area (Å²) in [5, 5.41) is 7.26. The minimum absolute atomic E-state index is 1.13. The summed E-state index contributed by atoms with van der Waals surface area (Å²) in [6, 6.07) is 66.6. The average Bonchev–Trinajstić information content (AvgIpc) is 3.21. The topological polar surface area (TPSA) is 13.0 Å². The highest BCUT2D eigenvalue weighted by atomic mass is 15.4. The van der Waals surface area contributed by atoms with E-state index < -0.39 is 0 Å². The lowest BCUT2D eigenvalue weighted by molar-refractivity contribution is 1.10. The van der Waals surface area contributed by atoms with E-state index in [2.05, 4.69) is 202 Å². The van der Waals surface area contributed by atoms with Gasteiger partial charge in [-0.25, -0.2) is 0 Å². The van der Waals surface area contributed by atoms with E-state index in [0.29, 0.717) is 0 Å². The molecule has 242 valence electrons. The van der Waals surface area contributed by atoms with Crippen molar-refractivity contribution in [3.63, 3.8) is 0 Å². The number of benzene rings is 9. The van der Waals surface area contributed by atoms with Gasteiger partial charge in [0.1, 0.15) is 0 Å². The highest BCUT2D eigenvalue weighted by Crippen LogP contribution is 2.72. The Hall–Kier alpha value is -7.04. The van der Waals surface area contributed by atoms with Gasteiger partial charge in [0, 0.05) is 33.2 Å². The van der Waals surface area contributed by atoms with E-state index in [-0.39, 0.29) is 0 Å². The molecule has 0 spiro atoms. The molecule has 9 aromatic rings. The third-order valence-electron chi connectivity index (χ3n) is 11.0. The Balaban J connectivity index is 1.36. The molecule has 0 unspecified atom stereocenters. The Kier molecular flexibility index (Phi) is 5.47. The van der Waals surface area contributed by atoms with Crippen molar-refractivity contribution in [2.75, 3.05) is 19.6 Å². The van der Waals surface area contributed by atoms with E-state index in [9.17, 15) is 0 Å². The van der Waals surface area contributed by atoms with Crippen LogP contribution in [0.15, 0.2) is 182 Å². The van der Waals surface area contributed by atoms with Crippen molar-refractivity contribution >= 4 is 101 Å². The molecule has 0 amide bonds. The molecule has 3 heterocycles. The summed E-state index contributed by atoms with van der Waals surface area (Å²) in [6.45, 7) is 0. The molecule has 12 rings (SSSR count). The van der Waals surface area contributed by atoms with E-state index in [4.69, 9.17) is 0 Å². The van der Waals surface area contributed by atoms with Crippen LogP contribution in [-0.4, -0.2) is 0 Å². The largest absolute Gasteiger partial charge is 0.306 e. The van der Waals surface area contributed by atoms with Crippen LogP contribution in [0.2, 0.25) is 0 Å². The van der Waals surface area contributed by atoms with E-state index in [0.717, 1.165) is 34.1 Å². The molecule has 52 heavy (non-hydrogen) atoms. The first-order chi connectivity index (χ1) is 25.8. The molecule has 0 aliphatic carbocycles. The summed E-state index contributed by atoms with van der Waals surface area (Å²) < 4.78 is 0. The lowest BCUT2D eigenvalue weighted by Crippen LogP contribution is -2.35. The van der Waals surface area contributed by atoms with Crippen LogP contribution in [0.1, 0.15) is 0 Å². The monoisotopic (exact) mass is 662 g/mol. The van der Waals surface area contributed by atoms with Crippen molar-refractivity contribution in [1.29, 1.82) is 0 Å². The smallest absolute Gasteiger partial charge is 0.0955 e. The van der Waals surface area contributed by atoms with E-state index in [1.54, 1.807) is 0 Å². The SMILES string of the molecule is c1ccc(N2c3cc4ccccc4c4c3N3c5c2cc2ccccc2c5N(c2ccccc2)c2c3c(cc3ccccc23)N4c2ccccc2)cc1. The fourth-order valence-electron chi connectivity index (χ4n) is 8.99. The fraction of sp³-hybridized carbons (Fsp3) is 0. The number of hydrogen-bond acceptors (Lipinski definition) is 4. The quantitative estimate of drug-likeness (QED) is 0.187. The first kappa shape index (κ1) is 27.7. The van der Waals surface area contributed by atoms with Crippen molar-refractivity contribution in [3.8, 4) is 0 Å². The van der Waals surface area contributed by atoms with Gasteiger partial charge < -0.3 is 14.7 Å². The number of nitrogens with zero attached hydrogens (tertiary/aromatic N) is 4. The number of fused-ring (bicyclic) bond motifs is 6. The third kappa shape index (κ3) is 3.55. The second kappa shape index (κ2) is 10.3. The minimum Gasteiger partial charge on any atom is -0.306 e. The lowest BCUT2D eigenvalue weighted by atomic mass is 9.88. The second-order valence-corrected chi connectivity index (χ2v) is 13.8. The summed E-state index contributed by atoms with van der Waals surface area (Å²) in [5.74, 6) is 0. The van der Waals surface area contributed by atoms with Gasteiger partial charge in [-0.15, -0.1) is 0 Å². The van der Waals surface area contributed by atoms with Crippen LogP contribution in [0.25, 0.3) is 32.3 Å². The predicted octanol–water partition coefficient (Wildman–Crippen LogP) is 14.0. The molecule has 0 atom stereocenters. The van der Waals surface area contributed by atoms with E-state index in [1.807, 2.05) is 0 Å². The summed E-state index contributed by atoms with van der Waals surface area (Å²) in [6.07, 6.45) is 0. The number of para-hydroxylation sites is 3. The molecule has 0 bridgehead atoms. The molecule has 3 aliphatic heterocycles. The Morgan fingerprint density at radius 1 is 0.231 bits per heavy atom. The standard InChI is InChI=1S/C48H30N4/c1-4-19-34(20-5-1)49-40-28-31-16-10-13-25-37(31)43-46(40)52-47-41(49)29-32-17-11-14-26-38(32)44(47)51(36-23-8-3-9-24-36)45-39-27-15-12-18-33(39)30-42(48(45)52)50(43)35-21-6-2-7-22-35/h1-30H. The van der Waals surface area contributed by atoms with E-state index >= 15 is 0 Å². The van der Waals surface area contributed by atoms with Crippen molar-refractivity contribution in [1.82, 2.24) is 0 Å². The third-order valence-corrected chi connectivity index (χ3v) is 11.0. The van der Waals surface area contributed by atoms with Crippen molar-refractivity contribution < 1.29 is 0 Å². The van der Waals surface area contributed by atoms with Crippen LogP contribution >= 0.6 is 0 Å². The highest BCUT2D eigenvalue weighted by Gasteiger charge is 2.47. The maximum atomic E-state index is 2.61. The Morgan fingerprint density at radius 2 is 0.538 bits per heavy atom. The van der Waals surface area contributed by atoms with Crippen LogP contribution in [0.5, 0.6) is 0 Å². The summed E-state index contributed by atoms with van der Waals surface area (Å²) in [4.78, 5) is 10.2. The van der Waals surface area contributed by atoms with Gasteiger partial charge >= 0.3 is 0 Å². The number of rotatable bonds is 3. The van der Waals surface area contributed by atoms with Gasteiger partial charge in [-0.1, -0.05) is 127 Å². The summed E-state index contributed by atoms with van der Waals surface area (Å²) in [5.41, 5.74) is 14.0. The molecule has 0 N–H and O–H groups in total. The van der Waals surface area contributed by atoms with Crippen LogP contribution in [0.3, 0.4) is 0 Å². The van der Waals surface area contributed by atoms with Gasteiger partial charge in [0.25, 0.3) is 0 Å². The van der Waals surface area contributed by atoms with Gasteiger partial charge in [0.05, 0.1) is 51.2 Å². The normalized spacial score (nSPS) is 13.6. The van der Waals surface area contributed by atoms with Gasteiger partial charge in [-0.3, -0.25) is 4.90 Å². The Bertz CT molecular complexity index is 2870. The van der Waals surface area contributed by atoms with Gasteiger partial charge in [-0.05, 0) is 70.8 Å². The molecular formula is C48H30N4. The predicted molar refractivity (Wildman–Crippen MR) is 218 cm³/mol. The molecule has 0 saturated carbocycles. The number of hydrogen-bond donors (Lipinski definition) is 0. The molecule has 0 saturated heterocycles. The van der Waals surface area contributed by atoms with Crippen molar-refractivity contribution in [2.45, 2.75) is 0 Å². The average molecular weight is 663 g/mol. The zero-order chi connectivity index (χ0) is 33.9. The molecule has 3 aliphatic rings. The zero-order valence-electron chi connectivity index (χ0n) is 28.1. The minimum atomic E-state index is 1.13. The first-order valence-corrected chi connectivity index (χ1v) is 17.9. The first-order valence-electron chi connectivity index (χ1n) is 17.9. The Morgan fingerprint density at radius 3 is 0.962 bits per heavy atom. The summed E-state index contributed by atoms with van der Waals surface area (Å²) in [7, 11) is 0. The van der Waals surface area contributed by atoms with Crippen LogP contribution in [-0.2, 0) is 0 Å². The fourth-order valence-corrected chi connectivity index (χ4v) is 8.99. The molecule has 9 aromatic carbocycles.